The number of phenolic OH excluding ortho intramolecular Hbond substituents is 1. The van der Waals surface area contributed by atoms with Gasteiger partial charge >= 0.3 is 0 Å². The topological polar surface area (TPSA) is 78.4 Å². The summed E-state index contributed by atoms with van der Waals surface area (Å²) in [4.78, 5) is 6.89. The van der Waals surface area contributed by atoms with Gasteiger partial charge in [-0.1, -0.05) is 6.07 Å². The third kappa shape index (κ3) is 6.78. The summed E-state index contributed by atoms with van der Waals surface area (Å²) in [6.07, 6.45) is 1.86. The largest absolute Gasteiger partial charge is 0.502 e. The van der Waals surface area contributed by atoms with E-state index in [9.17, 15) is 9.50 Å². The first kappa shape index (κ1) is 25.8. The van der Waals surface area contributed by atoms with E-state index in [1.165, 1.54) is 20.3 Å². The maximum absolute atomic E-state index is 13.5. The van der Waals surface area contributed by atoms with Crippen molar-refractivity contribution in [2.75, 3.05) is 38.8 Å². The van der Waals surface area contributed by atoms with Crippen molar-refractivity contribution in [3.8, 4) is 17.2 Å². The first-order chi connectivity index (χ1) is 15.0. The maximum atomic E-state index is 13.5. The van der Waals surface area contributed by atoms with Crippen molar-refractivity contribution in [1.29, 1.82) is 0 Å². The van der Waals surface area contributed by atoms with Crippen LogP contribution in [0.4, 0.5) is 10.1 Å². The monoisotopic (exact) mass is 558 g/mol. The molecule has 0 aromatic heterocycles. The second-order valence-electron chi connectivity index (χ2n) is 7.43. The first-order valence-corrected chi connectivity index (χ1v) is 10.5. The van der Waals surface area contributed by atoms with Gasteiger partial charge in [0.05, 0.1) is 20.8 Å². The van der Waals surface area contributed by atoms with Crippen LogP contribution in [0.5, 0.6) is 17.2 Å². The molecule has 3 rings (SSSR count). The van der Waals surface area contributed by atoms with E-state index in [0.717, 1.165) is 49.7 Å². The Kier molecular flexibility index (Phi) is 10.1. The fourth-order valence-electron chi connectivity index (χ4n) is 3.68. The summed E-state index contributed by atoms with van der Waals surface area (Å²) < 4.78 is 23.9. The molecule has 1 aliphatic rings. The molecule has 0 spiro atoms. The normalized spacial score (nSPS) is 14.5. The van der Waals surface area contributed by atoms with E-state index >= 15 is 0 Å². The van der Waals surface area contributed by atoms with Crippen LogP contribution in [0, 0.1) is 5.82 Å². The van der Waals surface area contributed by atoms with Crippen LogP contribution in [0.25, 0.3) is 0 Å². The van der Waals surface area contributed by atoms with Crippen molar-refractivity contribution < 1.29 is 19.0 Å². The highest BCUT2D eigenvalue weighted by molar-refractivity contribution is 14.0. The smallest absolute Gasteiger partial charge is 0.200 e. The Morgan fingerprint density at radius 2 is 1.81 bits per heavy atom. The number of piperidine rings is 1. The number of nitrogens with zero attached hydrogens (tertiary/aromatic N) is 2. The highest BCUT2D eigenvalue weighted by Crippen LogP contribution is 2.37. The van der Waals surface area contributed by atoms with Gasteiger partial charge in [0.15, 0.2) is 17.5 Å². The van der Waals surface area contributed by atoms with E-state index in [2.05, 4.69) is 20.5 Å². The lowest BCUT2D eigenvalue weighted by molar-refractivity contribution is 0.339. The molecule has 0 radical (unpaired) electrons. The quantitative estimate of drug-likeness (QED) is 0.272. The van der Waals surface area contributed by atoms with Gasteiger partial charge in [-0.25, -0.2) is 9.38 Å². The number of nitrogens with one attached hydrogen (secondary N) is 2. The number of rotatable bonds is 7. The van der Waals surface area contributed by atoms with E-state index in [1.54, 1.807) is 24.3 Å². The number of phenols is 1. The number of aliphatic imine (C=N–C) groups is 1. The standard InChI is InChI=1S/C23H31FN4O3.HI/c1-4-25-23(26-15-16-12-20(30-2)22(29)21(13-16)31-3)27-18-8-10-28(11-9-18)19-7-5-6-17(24)14-19;/h5-7,12-14,18,29H,4,8-11,15H2,1-3H3,(H2,25,26,27);1H. The second kappa shape index (κ2) is 12.6. The maximum Gasteiger partial charge on any atom is 0.200 e. The van der Waals surface area contributed by atoms with Crippen LogP contribution in [0.2, 0.25) is 0 Å². The Labute approximate surface area is 206 Å². The zero-order chi connectivity index (χ0) is 22.2. The summed E-state index contributed by atoms with van der Waals surface area (Å²) in [6, 6.07) is 10.5. The van der Waals surface area contributed by atoms with Gasteiger partial charge in [-0.3, -0.25) is 0 Å². The van der Waals surface area contributed by atoms with E-state index in [4.69, 9.17) is 9.47 Å². The summed E-state index contributed by atoms with van der Waals surface area (Å²) >= 11 is 0. The van der Waals surface area contributed by atoms with E-state index < -0.39 is 0 Å². The average molecular weight is 558 g/mol. The Balaban J connectivity index is 0.00000363. The van der Waals surface area contributed by atoms with Gasteiger partial charge in [0.25, 0.3) is 0 Å². The Hall–Kier alpha value is -2.43. The average Bonchev–Trinajstić information content (AvgIpc) is 2.78. The summed E-state index contributed by atoms with van der Waals surface area (Å²) in [6.45, 7) is 4.89. The molecule has 9 heteroatoms. The molecule has 0 aliphatic carbocycles. The molecule has 1 saturated heterocycles. The number of aromatic hydroxyl groups is 1. The van der Waals surface area contributed by atoms with Crippen LogP contribution in [0.1, 0.15) is 25.3 Å². The second-order valence-corrected chi connectivity index (χ2v) is 7.43. The van der Waals surface area contributed by atoms with Crippen molar-refractivity contribution in [3.05, 3.63) is 47.8 Å². The lowest BCUT2D eigenvalue weighted by Gasteiger charge is -2.34. The molecule has 1 aliphatic heterocycles. The van der Waals surface area contributed by atoms with Crippen LogP contribution >= 0.6 is 24.0 Å². The molecule has 0 amide bonds. The van der Waals surface area contributed by atoms with Crippen LogP contribution < -0.4 is 25.0 Å². The number of guanidine groups is 1. The molecule has 2 aromatic rings. The fraction of sp³-hybridized carbons (Fsp3) is 0.435. The molecule has 0 saturated carbocycles. The van der Waals surface area contributed by atoms with Crippen molar-refractivity contribution in [2.24, 2.45) is 4.99 Å². The molecule has 3 N–H and O–H groups in total. The minimum atomic E-state index is -0.207. The van der Waals surface area contributed by atoms with Crippen molar-refractivity contribution in [1.82, 2.24) is 10.6 Å². The molecular formula is C23H32FIN4O3. The molecule has 1 fully saturated rings. The number of hydrogen-bond acceptors (Lipinski definition) is 5. The van der Waals surface area contributed by atoms with Gasteiger partial charge in [0.2, 0.25) is 5.75 Å². The number of anilines is 1. The zero-order valence-corrected chi connectivity index (χ0v) is 21.1. The molecule has 0 bridgehead atoms. The molecule has 0 unspecified atom stereocenters. The molecule has 32 heavy (non-hydrogen) atoms. The van der Waals surface area contributed by atoms with E-state index in [1.807, 2.05) is 13.0 Å². The number of methoxy groups -OCH3 is 2. The number of hydrogen-bond donors (Lipinski definition) is 3. The fourth-order valence-corrected chi connectivity index (χ4v) is 3.68. The summed E-state index contributed by atoms with van der Waals surface area (Å²) in [5, 5.41) is 16.9. The highest BCUT2D eigenvalue weighted by Gasteiger charge is 2.20. The van der Waals surface area contributed by atoms with Crippen LogP contribution in [-0.4, -0.2) is 51.0 Å². The minimum absolute atomic E-state index is 0. The van der Waals surface area contributed by atoms with Gasteiger partial charge in [-0.15, -0.1) is 24.0 Å². The van der Waals surface area contributed by atoms with Gasteiger partial charge in [0, 0.05) is 31.4 Å². The van der Waals surface area contributed by atoms with Gasteiger partial charge in [-0.05, 0) is 55.7 Å². The molecule has 176 valence electrons. The number of halogens is 2. The number of ether oxygens (including phenoxy) is 2. The Bertz CT molecular complexity index is 880. The van der Waals surface area contributed by atoms with Crippen LogP contribution in [-0.2, 0) is 6.54 Å². The lowest BCUT2D eigenvalue weighted by Crippen LogP contribution is -2.48. The van der Waals surface area contributed by atoms with E-state index in [-0.39, 0.29) is 41.6 Å². The minimum Gasteiger partial charge on any atom is -0.502 e. The number of benzene rings is 2. The van der Waals surface area contributed by atoms with Crippen LogP contribution in [0.15, 0.2) is 41.4 Å². The SMILES string of the molecule is CCNC(=NCc1cc(OC)c(O)c(OC)c1)NC1CCN(c2cccc(F)c2)CC1.I. The first-order valence-electron chi connectivity index (χ1n) is 10.5. The molecule has 2 aromatic carbocycles. The molecular weight excluding hydrogens is 526 g/mol. The van der Waals surface area contributed by atoms with E-state index in [0.29, 0.717) is 18.0 Å². The van der Waals surface area contributed by atoms with Crippen molar-refractivity contribution in [2.45, 2.75) is 32.4 Å². The van der Waals surface area contributed by atoms with Crippen molar-refractivity contribution in [3.63, 3.8) is 0 Å². The predicted octanol–water partition coefficient (Wildman–Crippen LogP) is 3.89. The summed E-state index contributed by atoms with van der Waals surface area (Å²) in [5.41, 5.74) is 1.79. The third-order valence-electron chi connectivity index (χ3n) is 5.31. The molecule has 1 heterocycles. The highest BCUT2D eigenvalue weighted by atomic mass is 127. The molecule has 7 nitrogen and oxygen atoms in total. The summed E-state index contributed by atoms with van der Waals surface area (Å²) in [7, 11) is 3.01. The Morgan fingerprint density at radius 3 is 2.38 bits per heavy atom. The molecule has 0 atom stereocenters. The van der Waals surface area contributed by atoms with Gasteiger partial charge < -0.3 is 30.1 Å². The van der Waals surface area contributed by atoms with Crippen molar-refractivity contribution >= 4 is 35.6 Å². The summed E-state index contributed by atoms with van der Waals surface area (Å²) in [5.74, 6) is 1.21. The Morgan fingerprint density at radius 1 is 1.16 bits per heavy atom. The lowest BCUT2D eigenvalue weighted by atomic mass is 10.0. The zero-order valence-electron chi connectivity index (χ0n) is 18.7. The van der Waals surface area contributed by atoms with Gasteiger partial charge in [-0.2, -0.15) is 0 Å². The van der Waals surface area contributed by atoms with Crippen LogP contribution in [0.3, 0.4) is 0 Å². The van der Waals surface area contributed by atoms with Gasteiger partial charge in [0.1, 0.15) is 5.82 Å². The predicted molar refractivity (Wildman–Crippen MR) is 136 cm³/mol. The third-order valence-corrected chi connectivity index (χ3v) is 5.31.